The Morgan fingerprint density at radius 2 is 1.79 bits per heavy atom. The summed E-state index contributed by atoms with van der Waals surface area (Å²) in [6, 6.07) is 13.6. The number of halogens is 4. The Bertz CT molecular complexity index is 1020. The van der Waals surface area contributed by atoms with Crippen LogP contribution < -0.4 is 5.32 Å². The van der Waals surface area contributed by atoms with Crippen LogP contribution in [-0.2, 0) is 17.5 Å². The highest BCUT2D eigenvalue weighted by Gasteiger charge is 2.33. The number of carbonyl (C=O) groups is 2. The largest absolute Gasteiger partial charge is 0.435 e. The van der Waals surface area contributed by atoms with Crippen molar-refractivity contribution in [2.24, 2.45) is 0 Å². The number of carbonyl (C=O) groups excluding carboxylic acids is 2. The van der Waals surface area contributed by atoms with Crippen LogP contribution in [0, 0.1) is 0 Å². The third-order valence-corrected chi connectivity index (χ3v) is 4.01. The van der Waals surface area contributed by atoms with Crippen LogP contribution in [0.5, 0.6) is 0 Å². The summed E-state index contributed by atoms with van der Waals surface area (Å²) in [6.07, 6.45) is -3.53. The molecule has 0 fully saturated rings. The summed E-state index contributed by atoms with van der Waals surface area (Å²) in [6.45, 7) is -0.447. The van der Waals surface area contributed by atoms with Gasteiger partial charge in [0.15, 0.2) is 11.5 Å². The average Bonchev–Trinajstić information content (AvgIpc) is 3.12. The van der Waals surface area contributed by atoms with Gasteiger partial charge in [0.05, 0.1) is 5.69 Å². The Balaban J connectivity index is 1.79. The van der Waals surface area contributed by atoms with Gasteiger partial charge < -0.3 is 5.32 Å². The molecule has 1 amide bonds. The molecule has 3 rings (SSSR count). The molecule has 1 N–H and O–H groups in total. The Hall–Kier alpha value is -3.13. The van der Waals surface area contributed by atoms with Gasteiger partial charge in [0.25, 0.3) is 0 Å². The first-order chi connectivity index (χ1) is 13.2. The predicted octanol–water partition coefficient (Wildman–Crippen LogP) is 4.43. The number of alkyl halides is 3. The van der Waals surface area contributed by atoms with Crippen LogP contribution in [-0.4, -0.2) is 21.5 Å². The van der Waals surface area contributed by atoms with E-state index in [1.807, 2.05) is 0 Å². The van der Waals surface area contributed by atoms with Crippen LogP contribution in [0.3, 0.4) is 0 Å². The van der Waals surface area contributed by atoms with Crippen LogP contribution in [0.15, 0.2) is 60.8 Å². The smallest absolute Gasteiger partial charge is 0.324 e. The van der Waals surface area contributed by atoms with E-state index in [1.54, 1.807) is 30.3 Å². The molecule has 0 aliphatic carbocycles. The quantitative estimate of drug-likeness (QED) is 0.636. The van der Waals surface area contributed by atoms with Gasteiger partial charge in [-0.15, -0.1) is 0 Å². The van der Waals surface area contributed by atoms with Crippen LogP contribution in [0.1, 0.15) is 21.6 Å². The van der Waals surface area contributed by atoms with Crippen LogP contribution in [0.25, 0.3) is 0 Å². The van der Waals surface area contributed by atoms with Crippen molar-refractivity contribution >= 4 is 29.0 Å². The normalized spacial score (nSPS) is 11.3. The molecular weight excluding hydrogens is 395 g/mol. The van der Waals surface area contributed by atoms with Crippen molar-refractivity contribution in [3.8, 4) is 0 Å². The number of hydrogen-bond acceptors (Lipinski definition) is 3. The van der Waals surface area contributed by atoms with Gasteiger partial charge in [0.1, 0.15) is 6.54 Å². The van der Waals surface area contributed by atoms with Crippen molar-refractivity contribution < 1.29 is 22.8 Å². The second-order valence-electron chi connectivity index (χ2n) is 5.83. The zero-order valence-corrected chi connectivity index (χ0v) is 15.0. The Morgan fingerprint density at radius 1 is 1.07 bits per heavy atom. The number of amides is 1. The summed E-state index contributed by atoms with van der Waals surface area (Å²) >= 11 is 5.97. The molecule has 144 valence electrons. The summed E-state index contributed by atoms with van der Waals surface area (Å²) < 4.78 is 38.7. The van der Waals surface area contributed by atoms with Crippen LogP contribution in [0.4, 0.5) is 18.9 Å². The summed E-state index contributed by atoms with van der Waals surface area (Å²) in [7, 11) is 0. The fraction of sp³-hybridized carbons (Fsp3) is 0.105. The highest BCUT2D eigenvalue weighted by Crippen LogP contribution is 2.27. The molecule has 0 aliphatic rings. The number of benzene rings is 2. The Kier molecular flexibility index (Phi) is 5.51. The first kappa shape index (κ1) is 19.6. The standard InChI is InChI=1S/C19H13ClF3N3O2/c20-13-6-7-15(14(10-13)18(28)12-4-2-1-3-5-12)24-17(27)11-26-9-8-16(25-26)19(21,22)23/h1-10H,11H2,(H,24,27). The summed E-state index contributed by atoms with van der Waals surface area (Å²) in [4.78, 5) is 25.0. The minimum Gasteiger partial charge on any atom is -0.324 e. The van der Waals surface area contributed by atoms with Gasteiger partial charge in [0.2, 0.25) is 5.91 Å². The third kappa shape index (κ3) is 4.58. The first-order valence-corrected chi connectivity index (χ1v) is 8.41. The number of anilines is 1. The van der Waals surface area contributed by atoms with Gasteiger partial charge in [-0.3, -0.25) is 14.3 Å². The van der Waals surface area contributed by atoms with E-state index in [4.69, 9.17) is 11.6 Å². The van der Waals surface area contributed by atoms with Crippen molar-refractivity contribution in [2.45, 2.75) is 12.7 Å². The van der Waals surface area contributed by atoms with E-state index in [1.165, 1.54) is 18.2 Å². The predicted molar refractivity (Wildman–Crippen MR) is 97.2 cm³/mol. The molecule has 2 aromatic carbocycles. The zero-order valence-electron chi connectivity index (χ0n) is 14.2. The molecule has 3 aromatic rings. The molecule has 0 unspecified atom stereocenters. The average molecular weight is 408 g/mol. The Morgan fingerprint density at radius 3 is 2.43 bits per heavy atom. The van der Waals surface area contributed by atoms with E-state index in [2.05, 4.69) is 10.4 Å². The molecule has 9 heteroatoms. The van der Waals surface area contributed by atoms with Crippen LogP contribution >= 0.6 is 11.6 Å². The van der Waals surface area contributed by atoms with Gasteiger partial charge >= 0.3 is 6.18 Å². The zero-order chi connectivity index (χ0) is 20.3. The molecule has 0 saturated heterocycles. The fourth-order valence-electron chi connectivity index (χ4n) is 2.50. The fourth-order valence-corrected chi connectivity index (χ4v) is 2.67. The molecule has 0 bridgehead atoms. The second kappa shape index (κ2) is 7.85. The molecule has 5 nitrogen and oxygen atoms in total. The third-order valence-electron chi connectivity index (χ3n) is 3.77. The number of aromatic nitrogens is 2. The lowest BCUT2D eigenvalue weighted by molar-refractivity contribution is -0.141. The molecule has 0 radical (unpaired) electrons. The summed E-state index contributed by atoms with van der Waals surface area (Å²) in [5, 5.41) is 6.15. The van der Waals surface area contributed by atoms with Gasteiger partial charge in [-0.1, -0.05) is 41.9 Å². The van der Waals surface area contributed by atoms with Crippen molar-refractivity contribution in [2.75, 3.05) is 5.32 Å². The van der Waals surface area contributed by atoms with Crippen molar-refractivity contribution in [1.82, 2.24) is 9.78 Å². The molecule has 1 heterocycles. The summed E-state index contributed by atoms with van der Waals surface area (Å²) in [5.74, 6) is -0.988. The van der Waals surface area contributed by atoms with E-state index >= 15 is 0 Å². The molecule has 0 saturated carbocycles. The molecule has 0 aliphatic heterocycles. The highest BCUT2D eigenvalue weighted by atomic mass is 35.5. The van der Waals surface area contributed by atoms with Gasteiger partial charge in [-0.05, 0) is 24.3 Å². The minimum absolute atomic E-state index is 0.170. The topological polar surface area (TPSA) is 64.0 Å². The molecule has 1 aromatic heterocycles. The lowest BCUT2D eigenvalue weighted by Crippen LogP contribution is -2.21. The van der Waals surface area contributed by atoms with E-state index in [0.29, 0.717) is 10.6 Å². The number of nitrogens with one attached hydrogen (secondary N) is 1. The number of nitrogens with zero attached hydrogens (tertiary/aromatic N) is 2. The molecular formula is C19H13ClF3N3O2. The van der Waals surface area contributed by atoms with Crippen molar-refractivity contribution in [3.63, 3.8) is 0 Å². The maximum Gasteiger partial charge on any atom is 0.435 e. The van der Waals surface area contributed by atoms with Gasteiger partial charge in [-0.2, -0.15) is 18.3 Å². The van der Waals surface area contributed by atoms with E-state index < -0.39 is 24.3 Å². The molecule has 0 atom stereocenters. The minimum atomic E-state index is -4.59. The summed E-state index contributed by atoms with van der Waals surface area (Å²) in [5.41, 5.74) is -0.316. The molecule has 28 heavy (non-hydrogen) atoms. The lowest BCUT2D eigenvalue weighted by atomic mass is 10.0. The SMILES string of the molecule is O=C(Cn1ccc(C(F)(F)F)n1)Nc1ccc(Cl)cc1C(=O)c1ccccc1. The van der Waals surface area contributed by atoms with E-state index in [9.17, 15) is 22.8 Å². The number of hydrogen-bond donors (Lipinski definition) is 1. The van der Waals surface area contributed by atoms with Crippen molar-refractivity contribution in [1.29, 1.82) is 0 Å². The molecule has 0 spiro atoms. The van der Waals surface area contributed by atoms with Gasteiger partial charge in [-0.25, -0.2) is 0 Å². The van der Waals surface area contributed by atoms with Gasteiger partial charge in [0, 0.05) is 22.3 Å². The first-order valence-electron chi connectivity index (χ1n) is 8.04. The van der Waals surface area contributed by atoms with E-state index in [-0.39, 0.29) is 17.0 Å². The number of rotatable bonds is 5. The monoisotopic (exact) mass is 407 g/mol. The maximum atomic E-state index is 12.7. The number of ketones is 1. The Labute approximate surface area is 162 Å². The van der Waals surface area contributed by atoms with E-state index in [0.717, 1.165) is 16.9 Å². The van der Waals surface area contributed by atoms with Crippen molar-refractivity contribution in [3.05, 3.63) is 82.6 Å². The lowest BCUT2D eigenvalue weighted by Gasteiger charge is -2.11. The highest BCUT2D eigenvalue weighted by molar-refractivity contribution is 6.31. The second-order valence-corrected chi connectivity index (χ2v) is 6.27. The maximum absolute atomic E-state index is 12.7. The van der Waals surface area contributed by atoms with Crippen LogP contribution in [0.2, 0.25) is 5.02 Å².